The fourth-order valence-corrected chi connectivity index (χ4v) is 3.62. The number of esters is 1. The predicted molar refractivity (Wildman–Crippen MR) is 110 cm³/mol. The van der Waals surface area contributed by atoms with Gasteiger partial charge in [0.05, 0.1) is 12.0 Å². The Morgan fingerprint density at radius 1 is 1.24 bits per heavy atom. The molecule has 6 nitrogen and oxygen atoms in total. The van der Waals surface area contributed by atoms with Crippen LogP contribution < -0.4 is 4.74 Å². The summed E-state index contributed by atoms with van der Waals surface area (Å²) in [6, 6.07) is 13.2. The Morgan fingerprint density at radius 2 is 2.03 bits per heavy atom. The molecule has 0 aromatic heterocycles. The summed E-state index contributed by atoms with van der Waals surface area (Å²) >= 11 is 1.18. The molecular weight excluding hydrogens is 395 g/mol. The van der Waals surface area contributed by atoms with Gasteiger partial charge in [0.25, 0.3) is 5.91 Å². The van der Waals surface area contributed by atoms with Crippen LogP contribution in [0.4, 0.5) is 10.1 Å². The lowest BCUT2D eigenvalue weighted by atomic mass is 10.2. The normalized spacial score (nSPS) is 16.5. The molecule has 0 atom stereocenters. The molecule has 29 heavy (non-hydrogen) atoms. The Balaban J connectivity index is 1.84. The third kappa shape index (κ3) is 5.03. The average molecular weight is 414 g/mol. The molecule has 0 radical (unpaired) electrons. The van der Waals surface area contributed by atoms with Crippen molar-refractivity contribution in [2.75, 3.05) is 20.3 Å². The van der Waals surface area contributed by atoms with Crippen molar-refractivity contribution in [3.63, 3.8) is 0 Å². The number of hydrogen-bond acceptors (Lipinski definition) is 6. The minimum atomic E-state index is -0.483. The standard InChI is InChI=1S/C21H19FN2O4S/c1-3-24-20(26)18(29-21(24)23-17-10-5-4-9-16(17)22)12-14-7-6-8-15(11-14)28-13-19(25)27-2/h4-12H,3,13H2,1-2H3/b18-12+,23-21?. The molecule has 8 heteroatoms. The van der Waals surface area contributed by atoms with Gasteiger partial charge in [-0.15, -0.1) is 0 Å². The summed E-state index contributed by atoms with van der Waals surface area (Å²) in [5.74, 6) is -0.652. The van der Waals surface area contributed by atoms with Gasteiger partial charge in [-0.2, -0.15) is 0 Å². The summed E-state index contributed by atoms with van der Waals surface area (Å²) in [6.45, 7) is 2.05. The van der Waals surface area contributed by atoms with E-state index < -0.39 is 11.8 Å². The number of para-hydroxylation sites is 1. The van der Waals surface area contributed by atoms with Gasteiger partial charge in [0.15, 0.2) is 11.8 Å². The van der Waals surface area contributed by atoms with Crippen molar-refractivity contribution >= 4 is 40.6 Å². The summed E-state index contributed by atoms with van der Waals surface area (Å²) in [5.41, 5.74) is 0.909. The number of nitrogens with zero attached hydrogens (tertiary/aromatic N) is 2. The van der Waals surface area contributed by atoms with E-state index >= 15 is 0 Å². The molecule has 2 aromatic carbocycles. The number of halogens is 1. The van der Waals surface area contributed by atoms with Gasteiger partial charge < -0.3 is 9.47 Å². The summed E-state index contributed by atoms with van der Waals surface area (Å²) in [6.07, 6.45) is 1.71. The molecule has 1 saturated heterocycles. The summed E-state index contributed by atoms with van der Waals surface area (Å²) < 4.78 is 23.9. The van der Waals surface area contributed by atoms with Crippen LogP contribution in [0.25, 0.3) is 6.08 Å². The fraction of sp³-hybridized carbons (Fsp3) is 0.190. The molecule has 1 fully saturated rings. The Kier molecular flexibility index (Phi) is 6.66. The van der Waals surface area contributed by atoms with Gasteiger partial charge in [-0.25, -0.2) is 14.2 Å². The van der Waals surface area contributed by atoms with Crippen LogP contribution in [0.2, 0.25) is 0 Å². The van der Waals surface area contributed by atoms with Crippen molar-refractivity contribution in [2.24, 2.45) is 4.99 Å². The van der Waals surface area contributed by atoms with Crippen molar-refractivity contribution in [1.82, 2.24) is 4.90 Å². The zero-order valence-corrected chi connectivity index (χ0v) is 16.7. The van der Waals surface area contributed by atoms with E-state index in [1.807, 2.05) is 13.0 Å². The first kappa shape index (κ1) is 20.6. The van der Waals surface area contributed by atoms with Crippen LogP contribution >= 0.6 is 11.8 Å². The van der Waals surface area contributed by atoms with Crippen LogP contribution in [0.5, 0.6) is 5.75 Å². The maximum absolute atomic E-state index is 13.9. The van der Waals surface area contributed by atoms with Gasteiger partial charge in [0.2, 0.25) is 0 Å². The highest BCUT2D eigenvalue weighted by Crippen LogP contribution is 2.34. The Labute approximate surface area is 172 Å². The van der Waals surface area contributed by atoms with Crippen LogP contribution in [-0.2, 0) is 14.3 Å². The van der Waals surface area contributed by atoms with Crippen LogP contribution in [-0.4, -0.2) is 42.2 Å². The van der Waals surface area contributed by atoms with Crippen molar-refractivity contribution in [3.8, 4) is 5.75 Å². The van der Waals surface area contributed by atoms with E-state index in [4.69, 9.17) is 4.74 Å². The number of amides is 1. The first-order chi connectivity index (χ1) is 14.0. The smallest absolute Gasteiger partial charge is 0.343 e. The van der Waals surface area contributed by atoms with E-state index in [-0.39, 0.29) is 18.2 Å². The van der Waals surface area contributed by atoms with Gasteiger partial charge in [-0.1, -0.05) is 24.3 Å². The Morgan fingerprint density at radius 3 is 2.76 bits per heavy atom. The highest BCUT2D eigenvalue weighted by atomic mass is 32.2. The van der Waals surface area contributed by atoms with Crippen molar-refractivity contribution in [2.45, 2.75) is 6.92 Å². The number of carbonyl (C=O) groups is 2. The first-order valence-corrected chi connectivity index (χ1v) is 9.67. The number of hydrogen-bond donors (Lipinski definition) is 0. The van der Waals surface area contributed by atoms with Gasteiger partial charge in [0, 0.05) is 6.54 Å². The van der Waals surface area contributed by atoms with Gasteiger partial charge >= 0.3 is 5.97 Å². The lowest BCUT2D eigenvalue weighted by Gasteiger charge is -2.12. The zero-order chi connectivity index (χ0) is 20.8. The second-order valence-corrected chi connectivity index (χ2v) is 6.95. The van der Waals surface area contributed by atoms with E-state index in [9.17, 15) is 14.0 Å². The zero-order valence-electron chi connectivity index (χ0n) is 15.9. The van der Waals surface area contributed by atoms with Gasteiger partial charge in [-0.05, 0) is 54.6 Å². The topological polar surface area (TPSA) is 68.2 Å². The van der Waals surface area contributed by atoms with Crippen molar-refractivity contribution in [3.05, 3.63) is 64.8 Å². The molecule has 0 spiro atoms. The molecule has 1 heterocycles. The molecule has 0 aliphatic carbocycles. The predicted octanol–water partition coefficient (Wildman–Crippen LogP) is 4.00. The monoisotopic (exact) mass is 414 g/mol. The third-order valence-corrected chi connectivity index (χ3v) is 5.02. The van der Waals surface area contributed by atoms with E-state index in [1.165, 1.54) is 29.8 Å². The maximum Gasteiger partial charge on any atom is 0.343 e. The van der Waals surface area contributed by atoms with Gasteiger partial charge in [0.1, 0.15) is 17.3 Å². The van der Waals surface area contributed by atoms with E-state index in [0.29, 0.717) is 22.4 Å². The number of rotatable bonds is 6. The number of thioether (sulfide) groups is 1. The lowest BCUT2D eigenvalue weighted by Crippen LogP contribution is -2.28. The van der Waals surface area contributed by atoms with E-state index in [0.717, 1.165) is 5.56 Å². The van der Waals surface area contributed by atoms with Crippen LogP contribution in [0, 0.1) is 5.82 Å². The van der Waals surface area contributed by atoms with Crippen molar-refractivity contribution < 1.29 is 23.5 Å². The highest BCUT2D eigenvalue weighted by molar-refractivity contribution is 8.18. The number of amidine groups is 1. The minimum absolute atomic E-state index is 0.181. The van der Waals surface area contributed by atoms with Gasteiger partial charge in [-0.3, -0.25) is 9.69 Å². The van der Waals surface area contributed by atoms with E-state index in [1.54, 1.807) is 42.5 Å². The number of carbonyl (C=O) groups excluding carboxylic acids is 2. The average Bonchev–Trinajstić information content (AvgIpc) is 3.02. The highest BCUT2D eigenvalue weighted by Gasteiger charge is 2.32. The number of likely N-dealkylation sites (N-methyl/N-ethyl adjacent to an activating group) is 1. The molecular formula is C21H19FN2O4S. The molecule has 1 aliphatic heterocycles. The Bertz CT molecular complexity index is 990. The van der Waals surface area contributed by atoms with Crippen LogP contribution in [0.15, 0.2) is 58.4 Å². The van der Waals surface area contributed by atoms with E-state index in [2.05, 4.69) is 9.73 Å². The summed E-state index contributed by atoms with van der Waals surface area (Å²) in [7, 11) is 1.29. The second kappa shape index (κ2) is 9.38. The first-order valence-electron chi connectivity index (χ1n) is 8.86. The minimum Gasteiger partial charge on any atom is -0.482 e. The summed E-state index contributed by atoms with van der Waals surface area (Å²) in [5, 5.41) is 0.423. The second-order valence-electron chi connectivity index (χ2n) is 5.94. The number of benzene rings is 2. The molecule has 3 rings (SSSR count). The Hall–Kier alpha value is -3.13. The third-order valence-electron chi connectivity index (χ3n) is 4.01. The molecule has 0 unspecified atom stereocenters. The molecule has 0 saturated carbocycles. The molecule has 0 N–H and O–H groups in total. The molecule has 1 aliphatic rings. The fourth-order valence-electron chi connectivity index (χ4n) is 2.56. The van der Waals surface area contributed by atoms with Crippen LogP contribution in [0.1, 0.15) is 12.5 Å². The number of aliphatic imine (C=N–C) groups is 1. The van der Waals surface area contributed by atoms with Crippen molar-refractivity contribution in [1.29, 1.82) is 0 Å². The SMILES string of the molecule is CCN1C(=O)/C(=C\c2cccc(OCC(=O)OC)c2)SC1=Nc1ccccc1F. The maximum atomic E-state index is 13.9. The number of ether oxygens (including phenoxy) is 2. The number of methoxy groups -OCH3 is 1. The molecule has 1 amide bonds. The largest absolute Gasteiger partial charge is 0.482 e. The quantitative estimate of drug-likeness (QED) is 0.528. The molecule has 2 aromatic rings. The summed E-state index contributed by atoms with van der Waals surface area (Å²) in [4.78, 5) is 30.2. The molecule has 150 valence electrons. The lowest BCUT2D eigenvalue weighted by molar-refractivity contribution is -0.142. The molecule has 0 bridgehead atoms. The van der Waals surface area contributed by atoms with Crippen LogP contribution in [0.3, 0.4) is 0 Å².